The highest BCUT2D eigenvalue weighted by molar-refractivity contribution is 7.09. The molecule has 0 aliphatic carbocycles. The first-order chi connectivity index (χ1) is 8.45. The molecule has 0 saturated heterocycles. The van der Waals surface area contributed by atoms with Crippen molar-refractivity contribution >= 4 is 23.2 Å². The summed E-state index contributed by atoms with van der Waals surface area (Å²) < 4.78 is 0. The number of thiazole rings is 1. The maximum Gasteiger partial charge on any atom is 0.326 e. The molecule has 1 aromatic heterocycles. The van der Waals surface area contributed by atoms with Crippen molar-refractivity contribution in [2.75, 3.05) is 6.54 Å². The number of rotatable bonds is 6. The van der Waals surface area contributed by atoms with Crippen LogP contribution in [0.25, 0.3) is 0 Å². The minimum atomic E-state index is -1.05. The zero-order valence-electron chi connectivity index (χ0n) is 10.3. The average molecular weight is 271 g/mol. The predicted molar refractivity (Wildman–Crippen MR) is 68.6 cm³/mol. The van der Waals surface area contributed by atoms with Gasteiger partial charge in [0, 0.05) is 11.8 Å². The van der Waals surface area contributed by atoms with Crippen molar-refractivity contribution in [2.45, 2.75) is 26.3 Å². The van der Waals surface area contributed by atoms with Gasteiger partial charge in [0.05, 0.1) is 5.01 Å². The van der Waals surface area contributed by atoms with Crippen molar-refractivity contribution in [1.82, 2.24) is 10.3 Å². The third-order valence-corrected chi connectivity index (χ3v) is 3.27. The number of nitrogens with two attached hydrogens (primary N) is 1. The quantitative estimate of drug-likeness (QED) is 0.698. The fraction of sp³-hybridized carbons (Fsp3) is 0.545. The zero-order chi connectivity index (χ0) is 13.7. The minimum absolute atomic E-state index is 0.186. The van der Waals surface area contributed by atoms with E-state index in [1.807, 2.05) is 0 Å². The lowest BCUT2D eigenvalue weighted by molar-refractivity contribution is -0.140. The average Bonchev–Trinajstić information content (AvgIpc) is 2.73. The third-order valence-electron chi connectivity index (χ3n) is 2.36. The first-order valence-corrected chi connectivity index (χ1v) is 6.51. The molecule has 1 aromatic rings. The Hall–Kier alpha value is -1.47. The Labute approximate surface area is 109 Å². The number of nitrogens with zero attached hydrogens (tertiary/aromatic N) is 1. The standard InChI is InChI=1S/C11H17N3O3S/c1-6(2)9(11(16)17)14-10(15)7-5-18-8(13-7)3-4-12/h5-6,9H,3-4,12H2,1-2H3,(H,14,15)(H,16,17). The summed E-state index contributed by atoms with van der Waals surface area (Å²) >= 11 is 1.35. The first kappa shape index (κ1) is 14.6. The zero-order valence-corrected chi connectivity index (χ0v) is 11.2. The van der Waals surface area contributed by atoms with E-state index in [0.29, 0.717) is 13.0 Å². The van der Waals surface area contributed by atoms with Crippen molar-refractivity contribution in [1.29, 1.82) is 0 Å². The molecule has 0 aromatic carbocycles. The number of hydrogen-bond acceptors (Lipinski definition) is 5. The molecule has 18 heavy (non-hydrogen) atoms. The van der Waals surface area contributed by atoms with Crippen LogP contribution in [0.2, 0.25) is 0 Å². The highest BCUT2D eigenvalue weighted by Gasteiger charge is 2.24. The Morgan fingerprint density at radius 1 is 1.56 bits per heavy atom. The van der Waals surface area contributed by atoms with Crippen LogP contribution in [0.4, 0.5) is 0 Å². The van der Waals surface area contributed by atoms with Gasteiger partial charge in [0.2, 0.25) is 0 Å². The number of carboxylic acids is 1. The van der Waals surface area contributed by atoms with Gasteiger partial charge < -0.3 is 16.2 Å². The van der Waals surface area contributed by atoms with Crippen molar-refractivity contribution in [3.63, 3.8) is 0 Å². The minimum Gasteiger partial charge on any atom is -0.480 e. The second kappa shape index (κ2) is 6.46. The molecule has 1 amide bonds. The van der Waals surface area contributed by atoms with Gasteiger partial charge in [-0.05, 0) is 12.5 Å². The molecule has 0 spiro atoms. The van der Waals surface area contributed by atoms with Crippen LogP contribution in [-0.4, -0.2) is 34.6 Å². The van der Waals surface area contributed by atoms with Crippen LogP contribution in [0.1, 0.15) is 29.3 Å². The summed E-state index contributed by atoms with van der Waals surface area (Å²) in [6, 6.07) is -0.905. The van der Waals surface area contributed by atoms with Gasteiger partial charge >= 0.3 is 5.97 Å². The summed E-state index contributed by atoms with van der Waals surface area (Å²) in [5.41, 5.74) is 5.64. The molecule has 0 radical (unpaired) electrons. The molecule has 0 fully saturated rings. The molecule has 4 N–H and O–H groups in total. The fourth-order valence-corrected chi connectivity index (χ4v) is 2.18. The Balaban J connectivity index is 2.71. The molecule has 1 atom stereocenters. The molecule has 1 heterocycles. The van der Waals surface area contributed by atoms with Crippen LogP contribution in [0.15, 0.2) is 5.38 Å². The van der Waals surface area contributed by atoms with E-state index in [4.69, 9.17) is 10.8 Å². The van der Waals surface area contributed by atoms with Crippen LogP contribution >= 0.6 is 11.3 Å². The van der Waals surface area contributed by atoms with Crippen molar-refractivity contribution in [3.05, 3.63) is 16.1 Å². The molecule has 1 rings (SSSR count). The molecular weight excluding hydrogens is 254 g/mol. The summed E-state index contributed by atoms with van der Waals surface area (Å²) in [4.78, 5) is 26.9. The van der Waals surface area contributed by atoms with E-state index < -0.39 is 17.9 Å². The molecule has 7 heteroatoms. The van der Waals surface area contributed by atoms with Gasteiger partial charge in [-0.1, -0.05) is 13.8 Å². The van der Waals surface area contributed by atoms with Crippen molar-refractivity contribution < 1.29 is 14.7 Å². The number of carbonyl (C=O) groups is 2. The van der Waals surface area contributed by atoms with Gasteiger partial charge in [-0.2, -0.15) is 0 Å². The number of hydrogen-bond donors (Lipinski definition) is 3. The third kappa shape index (κ3) is 3.78. The van der Waals surface area contributed by atoms with Crippen LogP contribution < -0.4 is 11.1 Å². The molecule has 0 aliphatic rings. The second-order valence-corrected chi connectivity index (χ2v) is 5.14. The van der Waals surface area contributed by atoms with E-state index in [2.05, 4.69) is 10.3 Å². The van der Waals surface area contributed by atoms with Gasteiger partial charge in [-0.15, -0.1) is 11.3 Å². The van der Waals surface area contributed by atoms with Gasteiger partial charge in [0.15, 0.2) is 0 Å². The second-order valence-electron chi connectivity index (χ2n) is 4.20. The molecule has 0 bridgehead atoms. The van der Waals surface area contributed by atoms with Gasteiger partial charge in [-0.25, -0.2) is 9.78 Å². The van der Waals surface area contributed by atoms with E-state index in [0.717, 1.165) is 5.01 Å². The van der Waals surface area contributed by atoms with E-state index in [1.54, 1.807) is 19.2 Å². The Morgan fingerprint density at radius 3 is 2.72 bits per heavy atom. The van der Waals surface area contributed by atoms with Crippen LogP contribution in [0.3, 0.4) is 0 Å². The normalized spacial score (nSPS) is 12.4. The molecule has 100 valence electrons. The topological polar surface area (TPSA) is 105 Å². The summed E-state index contributed by atoms with van der Waals surface area (Å²) in [5.74, 6) is -1.69. The summed E-state index contributed by atoms with van der Waals surface area (Å²) in [6.07, 6.45) is 0.616. The Morgan fingerprint density at radius 2 is 2.22 bits per heavy atom. The lowest BCUT2D eigenvalue weighted by Crippen LogP contribution is -2.44. The molecule has 0 aliphatic heterocycles. The summed E-state index contributed by atoms with van der Waals surface area (Å²) in [7, 11) is 0. The van der Waals surface area contributed by atoms with Crippen LogP contribution in [-0.2, 0) is 11.2 Å². The lowest BCUT2D eigenvalue weighted by Gasteiger charge is -2.16. The maximum atomic E-state index is 11.8. The lowest BCUT2D eigenvalue weighted by atomic mass is 10.0. The Kier molecular flexibility index (Phi) is 5.24. The largest absolute Gasteiger partial charge is 0.480 e. The summed E-state index contributed by atoms with van der Waals surface area (Å²) in [6.45, 7) is 3.94. The van der Waals surface area contributed by atoms with Crippen LogP contribution in [0, 0.1) is 5.92 Å². The van der Waals surface area contributed by atoms with Crippen molar-refractivity contribution in [3.8, 4) is 0 Å². The molecule has 0 saturated carbocycles. The van der Waals surface area contributed by atoms with E-state index in [1.165, 1.54) is 11.3 Å². The first-order valence-electron chi connectivity index (χ1n) is 5.63. The SMILES string of the molecule is CC(C)C(NC(=O)c1csc(CCN)n1)C(=O)O. The molecule has 6 nitrogen and oxygen atoms in total. The number of aromatic nitrogens is 1. The van der Waals surface area contributed by atoms with E-state index in [9.17, 15) is 9.59 Å². The number of nitrogens with one attached hydrogen (secondary N) is 1. The van der Waals surface area contributed by atoms with E-state index >= 15 is 0 Å². The number of aliphatic carboxylic acids is 1. The summed E-state index contributed by atoms with van der Waals surface area (Å²) in [5, 5.41) is 13.8. The highest BCUT2D eigenvalue weighted by atomic mass is 32.1. The van der Waals surface area contributed by atoms with Crippen molar-refractivity contribution in [2.24, 2.45) is 11.7 Å². The van der Waals surface area contributed by atoms with Gasteiger partial charge in [0.25, 0.3) is 5.91 Å². The highest BCUT2D eigenvalue weighted by Crippen LogP contribution is 2.11. The molecule has 1 unspecified atom stereocenters. The number of carboxylic acid groups (broad SMARTS) is 1. The van der Waals surface area contributed by atoms with Crippen LogP contribution in [0.5, 0.6) is 0 Å². The number of amides is 1. The fourth-order valence-electron chi connectivity index (χ4n) is 1.38. The maximum absolute atomic E-state index is 11.8. The smallest absolute Gasteiger partial charge is 0.326 e. The van der Waals surface area contributed by atoms with Gasteiger partial charge in [-0.3, -0.25) is 4.79 Å². The Bertz CT molecular complexity index is 431. The molecular formula is C11H17N3O3S. The van der Waals surface area contributed by atoms with E-state index in [-0.39, 0.29) is 11.6 Å². The predicted octanol–water partition coefficient (Wildman–Crippen LogP) is 0.483. The monoisotopic (exact) mass is 271 g/mol. The number of carbonyl (C=O) groups excluding carboxylic acids is 1. The van der Waals surface area contributed by atoms with Gasteiger partial charge in [0.1, 0.15) is 11.7 Å².